The summed E-state index contributed by atoms with van der Waals surface area (Å²) in [6.45, 7) is 5.78. The van der Waals surface area contributed by atoms with Gasteiger partial charge in [0, 0.05) is 25.8 Å². The number of nitrogens with zero attached hydrogens (tertiary/aromatic N) is 3. The lowest BCUT2D eigenvalue weighted by atomic mass is 9.79. The molecule has 1 saturated heterocycles. The van der Waals surface area contributed by atoms with Crippen LogP contribution >= 0.6 is 11.6 Å². The molecule has 3 heterocycles. The van der Waals surface area contributed by atoms with Crippen molar-refractivity contribution in [2.75, 3.05) is 13.1 Å². The average molecular weight is 323 g/mol. The van der Waals surface area contributed by atoms with Crippen LogP contribution in [0.4, 0.5) is 0 Å². The van der Waals surface area contributed by atoms with Crippen molar-refractivity contribution in [3.8, 4) is 0 Å². The predicted molar refractivity (Wildman–Crippen MR) is 86.6 cm³/mol. The summed E-state index contributed by atoms with van der Waals surface area (Å²) in [5, 5.41) is 3.78. The second-order valence-corrected chi connectivity index (χ2v) is 6.94. The Morgan fingerprint density at radius 3 is 2.77 bits per heavy atom. The molecule has 0 aliphatic carbocycles. The van der Waals surface area contributed by atoms with Crippen molar-refractivity contribution >= 4 is 22.8 Å². The van der Waals surface area contributed by atoms with Crippen LogP contribution in [0.5, 0.6) is 0 Å². The van der Waals surface area contributed by atoms with Crippen LogP contribution in [0.1, 0.15) is 26.3 Å². The highest BCUT2D eigenvalue weighted by Gasteiger charge is 2.35. The molecular formula is C15H19ClN4O2. The van der Waals surface area contributed by atoms with Gasteiger partial charge in [-0.25, -0.2) is 4.98 Å². The third kappa shape index (κ3) is 2.27. The van der Waals surface area contributed by atoms with Crippen molar-refractivity contribution in [2.24, 2.45) is 12.5 Å². The molecule has 6 nitrogen and oxygen atoms in total. The van der Waals surface area contributed by atoms with Crippen LogP contribution in [0.2, 0.25) is 5.02 Å². The van der Waals surface area contributed by atoms with E-state index in [2.05, 4.69) is 24.1 Å². The summed E-state index contributed by atoms with van der Waals surface area (Å²) in [4.78, 5) is 29.3. The Morgan fingerprint density at radius 1 is 1.36 bits per heavy atom. The number of rotatable bonds is 1. The number of halogens is 1. The highest BCUT2D eigenvalue weighted by molar-refractivity contribution is 6.31. The number of piperidine rings is 1. The fourth-order valence-electron chi connectivity index (χ4n) is 3.23. The lowest BCUT2D eigenvalue weighted by molar-refractivity contribution is 0.161. The Hall–Kier alpha value is -1.66. The predicted octanol–water partition coefficient (Wildman–Crippen LogP) is 1.31. The summed E-state index contributed by atoms with van der Waals surface area (Å²) in [7, 11) is 1.57. The van der Waals surface area contributed by atoms with Gasteiger partial charge in [-0.15, -0.1) is 0 Å². The molecule has 1 aliphatic rings. The fourth-order valence-corrected chi connectivity index (χ4v) is 3.38. The summed E-state index contributed by atoms with van der Waals surface area (Å²) in [6, 6.07) is 1.60. The molecule has 3 rings (SSSR count). The molecule has 0 amide bonds. The Bertz CT molecular complexity index is 853. The van der Waals surface area contributed by atoms with Crippen LogP contribution in [-0.2, 0) is 7.05 Å². The van der Waals surface area contributed by atoms with Gasteiger partial charge in [-0.3, -0.25) is 14.2 Å². The molecule has 2 aromatic rings. The third-order valence-electron chi connectivity index (χ3n) is 4.50. The van der Waals surface area contributed by atoms with Crippen LogP contribution in [0.15, 0.2) is 21.9 Å². The van der Waals surface area contributed by atoms with Gasteiger partial charge >= 0.3 is 11.1 Å². The van der Waals surface area contributed by atoms with Gasteiger partial charge < -0.3 is 9.88 Å². The van der Waals surface area contributed by atoms with Gasteiger partial charge in [-0.2, -0.15) is 0 Å². The van der Waals surface area contributed by atoms with Gasteiger partial charge in [0.1, 0.15) is 0 Å². The van der Waals surface area contributed by atoms with Gasteiger partial charge in [-0.1, -0.05) is 25.4 Å². The monoisotopic (exact) mass is 322 g/mol. The van der Waals surface area contributed by atoms with E-state index in [0.717, 1.165) is 19.5 Å². The quantitative estimate of drug-likeness (QED) is 0.804. The number of fused-ring (bicyclic) bond motifs is 1. The van der Waals surface area contributed by atoms with E-state index >= 15 is 0 Å². The lowest BCUT2D eigenvalue weighted by Gasteiger charge is -2.40. The van der Waals surface area contributed by atoms with Crippen molar-refractivity contribution in [3.05, 3.63) is 38.0 Å². The molecule has 1 aliphatic heterocycles. The van der Waals surface area contributed by atoms with Gasteiger partial charge in [0.15, 0.2) is 5.65 Å². The first-order chi connectivity index (χ1) is 10.3. The van der Waals surface area contributed by atoms with Crippen molar-refractivity contribution in [1.29, 1.82) is 0 Å². The zero-order valence-electron chi connectivity index (χ0n) is 12.9. The molecule has 0 radical (unpaired) electrons. The fraction of sp³-hybridized carbons (Fsp3) is 0.533. The van der Waals surface area contributed by atoms with Crippen molar-refractivity contribution < 1.29 is 0 Å². The minimum absolute atomic E-state index is 0.0775. The molecule has 1 fully saturated rings. The number of hydrogen-bond donors (Lipinski definition) is 1. The minimum atomic E-state index is -0.550. The lowest BCUT2D eigenvalue weighted by Crippen LogP contribution is -2.50. The number of nitrogens with one attached hydrogen (secondary N) is 1. The first-order valence-electron chi connectivity index (χ1n) is 7.30. The van der Waals surface area contributed by atoms with Crippen LogP contribution in [0, 0.1) is 5.41 Å². The summed E-state index contributed by atoms with van der Waals surface area (Å²) in [5.74, 6) is 0. The zero-order valence-corrected chi connectivity index (χ0v) is 13.6. The Balaban J connectivity index is 2.39. The smallest absolute Gasteiger partial charge is 0.316 e. The van der Waals surface area contributed by atoms with Crippen molar-refractivity contribution in [1.82, 2.24) is 19.4 Å². The van der Waals surface area contributed by atoms with E-state index in [1.165, 1.54) is 10.8 Å². The minimum Gasteiger partial charge on any atom is -0.316 e. The molecule has 0 spiro atoms. The standard InChI is InChI=1S/C15H19ClN4O2/c1-15(2)8-17-5-4-11(15)20-12-10(6-9(16)7-18-12)19(3)13(21)14(20)22/h6-7,11,17H,4-5,8H2,1-3H3. The average Bonchev–Trinajstić information content (AvgIpc) is 2.47. The molecule has 1 atom stereocenters. The number of pyridine rings is 1. The van der Waals surface area contributed by atoms with Gasteiger partial charge in [0.25, 0.3) is 0 Å². The van der Waals surface area contributed by atoms with E-state index < -0.39 is 11.1 Å². The Kier molecular flexibility index (Phi) is 3.61. The Morgan fingerprint density at radius 2 is 2.09 bits per heavy atom. The van der Waals surface area contributed by atoms with Crippen LogP contribution in [-0.4, -0.2) is 27.2 Å². The maximum atomic E-state index is 12.6. The van der Waals surface area contributed by atoms with Crippen molar-refractivity contribution in [3.63, 3.8) is 0 Å². The number of aryl methyl sites for hydroxylation is 1. The van der Waals surface area contributed by atoms with Crippen molar-refractivity contribution in [2.45, 2.75) is 26.3 Å². The molecule has 118 valence electrons. The summed E-state index contributed by atoms with van der Waals surface area (Å²) in [5.41, 5.74) is -0.138. The molecule has 7 heteroatoms. The number of hydrogen-bond acceptors (Lipinski definition) is 4. The summed E-state index contributed by atoms with van der Waals surface area (Å²) >= 11 is 6.00. The van der Waals surface area contributed by atoms with E-state index in [-0.39, 0.29) is 11.5 Å². The molecule has 0 bridgehead atoms. The van der Waals surface area contributed by atoms with E-state index in [9.17, 15) is 9.59 Å². The summed E-state index contributed by atoms with van der Waals surface area (Å²) in [6.07, 6.45) is 2.29. The molecular weight excluding hydrogens is 304 g/mol. The Labute approximate surface area is 132 Å². The first kappa shape index (κ1) is 15.2. The van der Waals surface area contributed by atoms with E-state index in [4.69, 9.17) is 11.6 Å². The third-order valence-corrected chi connectivity index (χ3v) is 4.71. The van der Waals surface area contributed by atoms with Crippen LogP contribution in [0.3, 0.4) is 0 Å². The maximum Gasteiger partial charge on any atom is 0.318 e. The molecule has 0 aromatic carbocycles. The van der Waals surface area contributed by atoms with Gasteiger partial charge in [0.05, 0.1) is 10.5 Å². The van der Waals surface area contributed by atoms with Gasteiger partial charge in [-0.05, 0) is 24.4 Å². The molecule has 1 N–H and O–H groups in total. The second kappa shape index (κ2) is 5.21. The van der Waals surface area contributed by atoms with Crippen LogP contribution < -0.4 is 16.4 Å². The molecule has 0 saturated carbocycles. The molecule has 1 unspecified atom stereocenters. The summed E-state index contributed by atoms with van der Waals surface area (Å²) < 4.78 is 2.88. The van der Waals surface area contributed by atoms with E-state index in [1.54, 1.807) is 17.7 Å². The second-order valence-electron chi connectivity index (χ2n) is 6.51. The van der Waals surface area contributed by atoms with Gasteiger partial charge in [0.2, 0.25) is 0 Å². The van der Waals surface area contributed by atoms with E-state index in [1.807, 2.05) is 0 Å². The molecule has 22 heavy (non-hydrogen) atoms. The van der Waals surface area contributed by atoms with Crippen LogP contribution in [0.25, 0.3) is 11.2 Å². The highest BCUT2D eigenvalue weighted by atomic mass is 35.5. The van der Waals surface area contributed by atoms with E-state index in [0.29, 0.717) is 16.2 Å². The SMILES string of the molecule is Cn1c(=O)c(=O)n(C2CCNCC2(C)C)c2ncc(Cl)cc21. The highest BCUT2D eigenvalue weighted by Crippen LogP contribution is 2.35. The zero-order chi connectivity index (χ0) is 16.1. The molecule has 2 aromatic heterocycles. The normalized spacial score (nSPS) is 21.2. The first-order valence-corrected chi connectivity index (χ1v) is 7.68. The maximum absolute atomic E-state index is 12.6. The topological polar surface area (TPSA) is 68.9 Å². The largest absolute Gasteiger partial charge is 0.318 e. The number of aromatic nitrogens is 3.